The quantitative estimate of drug-likeness (QED) is 0.794. The molecule has 5 aliphatic rings. The summed E-state index contributed by atoms with van der Waals surface area (Å²) in [6, 6.07) is 5.59. The molecule has 1 saturated heterocycles. The van der Waals surface area contributed by atoms with Gasteiger partial charge < -0.3 is 16.0 Å². The number of rotatable bonds is 4. The average Bonchev–Trinajstić information content (AvgIpc) is 3.33. The van der Waals surface area contributed by atoms with E-state index in [9.17, 15) is 9.59 Å². The molecule has 0 spiro atoms. The van der Waals surface area contributed by atoms with Crippen LogP contribution in [0.1, 0.15) is 61.9 Å². The molecule has 5 fully saturated rings. The highest BCUT2D eigenvalue weighted by atomic mass is 16.2. The van der Waals surface area contributed by atoms with E-state index in [2.05, 4.69) is 10.4 Å². The number of aromatic nitrogens is 2. The predicted octanol–water partition coefficient (Wildman–Crippen LogP) is 3.05. The van der Waals surface area contributed by atoms with Crippen molar-refractivity contribution < 1.29 is 9.59 Å². The lowest BCUT2D eigenvalue weighted by molar-refractivity contribution is -0.124. The molecular formula is C24H31N5O2. The molecule has 164 valence electrons. The molecule has 7 nitrogen and oxygen atoms in total. The Hall–Kier alpha value is -2.41. The molecule has 2 aromatic rings. The Morgan fingerprint density at radius 1 is 1.16 bits per heavy atom. The molecule has 2 aromatic heterocycles. The molecule has 4 bridgehead atoms. The summed E-state index contributed by atoms with van der Waals surface area (Å²) >= 11 is 0. The minimum atomic E-state index is -0.0949. The number of anilines is 1. The van der Waals surface area contributed by atoms with E-state index in [-0.39, 0.29) is 23.3 Å². The van der Waals surface area contributed by atoms with E-state index >= 15 is 0 Å². The zero-order valence-electron chi connectivity index (χ0n) is 17.9. The third kappa shape index (κ3) is 3.43. The maximum Gasteiger partial charge on any atom is 0.274 e. The highest BCUT2D eigenvalue weighted by Gasteiger charge is 2.51. The molecule has 0 radical (unpaired) electrons. The smallest absolute Gasteiger partial charge is 0.274 e. The fourth-order valence-corrected chi connectivity index (χ4v) is 7.40. The van der Waals surface area contributed by atoms with Crippen molar-refractivity contribution in [1.82, 2.24) is 14.5 Å². The molecule has 3 heterocycles. The van der Waals surface area contributed by atoms with Crippen molar-refractivity contribution in [1.29, 1.82) is 0 Å². The van der Waals surface area contributed by atoms with Gasteiger partial charge in [-0.1, -0.05) is 0 Å². The van der Waals surface area contributed by atoms with Crippen LogP contribution < -0.4 is 11.1 Å². The fourth-order valence-electron chi connectivity index (χ4n) is 7.40. The third-order valence-corrected chi connectivity index (χ3v) is 8.21. The van der Waals surface area contributed by atoms with Crippen LogP contribution in [-0.2, 0) is 4.79 Å². The number of amides is 2. The predicted molar refractivity (Wildman–Crippen MR) is 118 cm³/mol. The van der Waals surface area contributed by atoms with Gasteiger partial charge in [0, 0.05) is 31.7 Å². The maximum atomic E-state index is 13.1. The van der Waals surface area contributed by atoms with Crippen molar-refractivity contribution in [2.45, 2.75) is 57.4 Å². The van der Waals surface area contributed by atoms with Gasteiger partial charge in [0.15, 0.2) is 5.69 Å². The van der Waals surface area contributed by atoms with Gasteiger partial charge in [-0.2, -0.15) is 5.10 Å². The Bertz CT molecular complexity index is 1010. The van der Waals surface area contributed by atoms with Gasteiger partial charge in [0.1, 0.15) is 0 Å². The maximum absolute atomic E-state index is 13.1. The second-order valence-electron chi connectivity index (χ2n) is 10.7. The molecule has 3 N–H and O–H groups in total. The standard InChI is InChI=1S/C24H31N5O2/c25-18-3-5-28(14-18)23(31)20-9-21-19(2-1-4-29(21)27-20)26-22(30)13-24-10-15-6-16(11-24)8-17(7-15)12-24/h1-2,4,9,15-18H,3,5-8,10-14,25H2,(H,26,30). The van der Waals surface area contributed by atoms with Crippen molar-refractivity contribution in [3.8, 4) is 0 Å². The minimum absolute atomic E-state index is 0.0421. The Balaban J connectivity index is 1.20. The van der Waals surface area contributed by atoms with Gasteiger partial charge >= 0.3 is 0 Å². The molecular weight excluding hydrogens is 390 g/mol. The molecule has 1 aliphatic heterocycles. The van der Waals surface area contributed by atoms with Crippen LogP contribution in [0.15, 0.2) is 24.4 Å². The first-order valence-electron chi connectivity index (χ1n) is 11.8. The number of carbonyl (C=O) groups excluding carboxylic acids is 2. The van der Waals surface area contributed by atoms with Gasteiger partial charge in [0.25, 0.3) is 5.91 Å². The Labute approximate surface area is 182 Å². The van der Waals surface area contributed by atoms with Crippen molar-refractivity contribution in [2.24, 2.45) is 28.9 Å². The Kier molecular flexibility index (Phi) is 4.39. The second kappa shape index (κ2) is 7.05. The number of nitrogens with zero attached hydrogens (tertiary/aromatic N) is 3. The van der Waals surface area contributed by atoms with Gasteiger partial charge in [0.05, 0.1) is 11.2 Å². The van der Waals surface area contributed by atoms with Crippen LogP contribution in [0.4, 0.5) is 5.69 Å². The van der Waals surface area contributed by atoms with Crippen molar-refractivity contribution in [2.75, 3.05) is 18.4 Å². The van der Waals surface area contributed by atoms with E-state index in [0.717, 1.165) is 35.4 Å². The summed E-state index contributed by atoms with van der Waals surface area (Å²) in [5.41, 5.74) is 8.04. The lowest BCUT2D eigenvalue weighted by Crippen LogP contribution is -2.47. The molecule has 4 saturated carbocycles. The summed E-state index contributed by atoms with van der Waals surface area (Å²) in [5, 5.41) is 7.61. The number of hydrogen-bond acceptors (Lipinski definition) is 4. The van der Waals surface area contributed by atoms with Crippen molar-refractivity contribution in [3.63, 3.8) is 0 Å². The topological polar surface area (TPSA) is 92.7 Å². The summed E-state index contributed by atoms with van der Waals surface area (Å²) in [6.45, 7) is 1.24. The number of hydrogen-bond donors (Lipinski definition) is 2. The number of fused-ring (bicyclic) bond motifs is 1. The van der Waals surface area contributed by atoms with Crippen molar-refractivity contribution in [3.05, 3.63) is 30.1 Å². The average molecular weight is 422 g/mol. The lowest BCUT2D eigenvalue weighted by atomic mass is 9.49. The summed E-state index contributed by atoms with van der Waals surface area (Å²) < 4.78 is 1.68. The van der Waals surface area contributed by atoms with E-state index in [1.54, 1.807) is 15.5 Å². The number of carbonyl (C=O) groups is 2. The largest absolute Gasteiger partial charge is 0.336 e. The van der Waals surface area contributed by atoms with E-state index in [1.165, 1.54) is 38.5 Å². The number of likely N-dealkylation sites (tertiary alicyclic amines) is 1. The number of nitrogens with one attached hydrogen (secondary N) is 1. The molecule has 1 unspecified atom stereocenters. The second-order valence-corrected chi connectivity index (χ2v) is 10.7. The molecule has 2 amide bonds. The third-order valence-electron chi connectivity index (χ3n) is 8.21. The van der Waals surface area contributed by atoms with Crippen LogP contribution >= 0.6 is 0 Å². The summed E-state index contributed by atoms with van der Waals surface area (Å²) in [5.74, 6) is 2.51. The summed E-state index contributed by atoms with van der Waals surface area (Å²) in [4.78, 5) is 27.7. The monoisotopic (exact) mass is 421 g/mol. The van der Waals surface area contributed by atoms with Crippen LogP contribution in [-0.4, -0.2) is 45.5 Å². The first-order valence-corrected chi connectivity index (χ1v) is 11.8. The number of pyridine rings is 1. The Morgan fingerprint density at radius 2 is 1.87 bits per heavy atom. The van der Waals surface area contributed by atoms with Crippen LogP contribution in [0.3, 0.4) is 0 Å². The van der Waals surface area contributed by atoms with Crippen LogP contribution in [0.5, 0.6) is 0 Å². The molecule has 7 heteroatoms. The van der Waals surface area contributed by atoms with E-state index < -0.39 is 0 Å². The first kappa shape index (κ1) is 19.3. The van der Waals surface area contributed by atoms with Crippen LogP contribution in [0, 0.1) is 23.2 Å². The van der Waals surface area contributed by atoms with E-state index in [0.29, 0.717) is 25.2 Å². The number of nitrogens with two attached hydrogens (primary N) is 1. The summed E-state index contributed by atoms with van der Waals surface area (Å²) in [7, 11) is 0. The van der Waals surface area contributed by atoms with Gasteiger partial charge in [0.2, 0.25) is 5.91 Å². The first-order chi connectivity index (χ1) is 15.0. The Morgan fingerprint density at radius 3 is 2.52 bits per heavy atom. The molecule has 4 aliphatic carbocycles. The lowest BCUT2D eigenvalue weighted by Gasteiger charge is -2.56. The van der Waals surface area contributed by atoms with Gasteiger partial charge in [-0.15, -0.1) is 0 Å². The van der Waals surface area contributed by atoms with E-state index in [4.69, 9.17) is 5.73 Å². The normalized spacial score (nSPS) is 33.9. The molecule has 1 atom stereocenters. The summed E-state index contributed by atoms with van der Waals surface area (Å²) in [6.07, 6.45) is 11.1. The highest BCUT2D eigenvalue weighted by Crippen LogP contribution is 2.61. The minimum Gasteiger partial charge on any atom is -0.336 e. The molecule has 0 aromatic carbocycles. The fraction of sp³-hybridized carbons (Fsp3) is 0.625. The van der Waals surface area contributed by atoms with Gasteiger partial charge in [-0.05, 0) is 86.3 Å². The van der Waals surface area contributed by atoms with E-state index in [1.807, 2.05) is 18.3 Å². The zero-order valence-corrected chi connectivity index (χ0v) is 17.9. The highest BCUT2D eigenvalue weighted by molar-refractivity contribution is 5.98. The zero-order chi connectivity index (χ0) is 21.2. The van der Waals surface area contributed by atoms with Crippen molar-refractivity contribution >= 4 is 23.0 Å². The SMILES string of the molecule is NC1CCN(C(=O)c2cc3c(NC(=O)CC45CC6CC(CC(C6)C4)C5)cccn3n2)C1. The van der Waals surface area contributed by atoms with Crippen LogP contribution in [0.25, 0.3) is 5.52 Å². The van der Waals surface area contributed by atoms with Gasteiger partial charge in [-0.3, -0.25) is 9.59 Å². The van der Waals surface area contributed by atoms with Gasteiger partial charge in [-0.25, -0.2) is 4.52 Å². The molecule has 7 rings (SSSR count). The molecule has 31 heavy (non-hydrogen) atoms. The van der Waals surface area contributed by atoms with Crippen LogP contribution in [0.2, 0.25) is 0 Å².